The van der Waals surface area contributed by atoms with Crippen LogP contribution in [-0.4, -0.2) is 19.6 Å². The number of nitrogens with zero attached hydrogens (tertiary/aromatic N) is 3. The second-order valence-corrected chi connectivity index (χ2v) is 9.32. The average Bonchev–Trinajstić information content (AvgIpc) is 2.66. The van der Waals surface area contributed by atoms with Gasteiger partial charge in [-0.25, -0.2) is 0 Å². The maximum absolute atomic E-state index is 9.04. The molecule has 0 amide bonds. The van der Waals surface area contributed by atoms with E-state index in [1.807, 2.05) is 60.7 Å². The zero-order chi connectivity index (χ0) is 17.5. The summed E-state index contributed by atoms with van der Waals surface area (Å²) in [5.74, 6) is 0.402. The monoisotopic (exact) mass is 389 g/mol. The molecule has 0 N–H and O–H groups in total. The van der Waals surface area contributed by atoms with Crippen molar-refractivity contribution in [1.29, 1.82) is 10.5 Å². The van der Waals surface area contributed by atoms with Crippen molar-refractivity contribution < 1.29 is 9.47 Å². The Hall–Kier alpha value is -3.27. The van der Waals surface area contributed by atoms with Crippen molar-refractivity contribution in [2.45, 2.75) is 0 Å². The number of hydrogen-bond donors (Lipinski definition) is 0. The van der Waals surface area contributed by atoms with Crippen molar-refractivity contribution in [2.24, 2.45) is 0 Å². The van der Waals surface area contributed by atoms with Gasteiger partial charge in [-0.2, -0.15) is 0 Å². The number of aromatic nitrogens is 1. The molecular formula is C19H12AsN3O2. The predicted octanol–water partition coefficient (Wildman–Crippen LogP) is 1.32. The molecule has 3 aromatic rings. The molecule has 0 unspecified atom stereocenters. The van der Waals surface area contributed by atoms with Gasteiger partial charge in [0.15, 0.2) is 0 Å². The van der Waals surface area contributed by atoms with Gasteiger partial charge >= 0.3 is 150 Å². The molecule has 0 saturated heterocycles. The van der Waals surface area contributed by atoms with Crippen molar-refractivity contribution in [3.8, 4) is 24.0 Å². The van der Waals surface area contributed by atoms with Crippen LogP contribution < -0.4 is 22.7 Å². The molecule has 3 rings (SSSR count). The van der Waals surface area contributed by atoms with Gasteiger partial charge in [0.05, 0.1) is 0 Å². The Kier molecular flexibility index (Phi) is 5.32. The van der Waals surface area contributed by atoms with E-state index in [9.17, 15) is 0 Å². The van der Waals surface area contributed by atoms with E-state index >= 15 is 0 Å². The third kappa shape index (κ3) is 3.63. The summed E-state index contributed by atoms with van der Waals surface area (Å²) in [6.07, 6.45) is 4.87. The van der Waals surface area contributed by atoms with Gasteiger partial charge in [-0.05, 0) is 0 Å². The van der Waals surface area contributed by atoms with Crippen molar-refractivity contribution in [1.82, 2.24) is 4.98 Å². The minimum atomic E-state index is -2.10. The van der Waals surface area contributed by atoms with Gasteiger partial charge in [-0.1, -0.05) is 0 Å². The summed E-state index contributed by atoms with van der Waals surface area (Å²) < 4.78 is 13.0. The number of benzene rings is 2. The van der Waals surface area contributed by atoms with Crippen LogP contribution in [0.1, 0.15) is 0 Å². The van der Waals surface area contributed by atoms with Crippen LogP contribution in [0.15, 0.2) is 72.9 Å². The average molecular weight is 389 g/mol. The fourth-order valence-electron chi connectivity index (χ4n) is 2.40. The van der Waals surface area contributed by atoms with Crippen molar-refractivity contribution in [3.63, 3.8) is 0 Å². The van der Waals surface area contributed by atoms with E-state index in [1.54, 1.807) is 18.7 Å². The normalized spacial score (nSPS) is 9.88. The molecule has 0 fully saturated rings. The number of nitriles is 2. The molecule has 5 nitrogen and oxygen atoms in total. The summed E-state index contributed by atoms with van der Waals surface area (Å²) in [6.45, 7) is 0. The SMILES string of the molecule is N#COc1ccnc([As](c2ccccc2)c2ccccc2)c1OC#N. The summed E-state index contributed by atoms with van der Waals surface area (Å²) >= 11 is -2.10. The quantitative estimate of drug-likeness (QED) is 0.486. The fraction of sp³-hybridized carbons (Fsp3) is 0. The fourth-order valence-corrected chi connectivity index (χ4v) is 7.16. The molecular weight excluding hydrogens is 377 g/mol. The topological polar surface area (TPSA) is 78.9 Å². The molecule has 0 spiro atoms. The standard InChI is InChI=1S/C19H12AsN3O2/c21-13-24-17-11-12-23-19(18(17)25-14-22)20(15-7-3-1-4-8-15)16-9-5-2-6-10-16/h1-12H. The molecule has 0 saturated carbocycles. The van der Waals surface area contributed by atoms with Gasteiger partial charge < -0.3 is 0 Å². The third-order valence-electron chi connectivity index (χ3n) is 3.39. The van der Waals surface area contributed by atoms with Crippen LogP contribution in [0.4, 0.5) is 0 Å². The molecule has 0 radical (unpaired) electrons. The van der Waals surface area contributed by atoms with E-state index in [2.05, 4.69) is 4.98 Å². The van der Waals surface area contributed by atoms with Gasteiger partial charge in [-0.15, -0.1) is 0 Å². The second-order valence-electron chi connectivity index (χ2n) is 4.86. The first-order chi connectivity index (χ1) is 12.3. The molecule has 6 heteroatoms. The molecule has 1 heterocycles. The van der Waals surface area contributed by atoms with Crippen molar-refractivity contribution in [2.75, 3.05) is 0 Å². The zero-order valence-electron chi connectivity index (χ0n) is 13.0. The second kappa shape index (κ2) is 8.01. The van der Waals surface area contributed by atoms with Crippen LogP contribution in [0.2, 0.25) is 0 Å². The molecule has 1 aromatic heterocycles. The van der Waals surface area contributed by atoms with Crippen LogP contribution in [-0.2, 0) is 0 Å². The van der Waals surface area contributed by atoms with Crippen LogP contribution >= 0.6 is 0 Å². The Morgan fingerprint density at radius 2 is 1.32 bits per heavy atom. The van der Waals surface area contributed by atoms with Crippen LogP contribution in [0.3, 0.4) is 0 Å². The number of hydrogen-bond acceptors (Lipinski definition) is 5. The minimum absolute atomic E-state index is 0.195. The summed E-state index contributed by atoms with van der Waals surface area (Å²) in [6, 6.07) is 21.5. The Morgan fingerprint density at radius 3 is 1.84 bits per heavy atom. The first kappa shape index (κ1) is 16.6. The number of pyridine rings is 1. The van der Waals surface area contributed by atoms with Gasteiger partial charge in [-0.3, -0.25) is 0 Å². The molecule has 0 bridgehead atoms. The van der Waals surface area contributed by atoms with Gasteiger partial charge in [0.2, 0.25) is 0 Å². The predicted molar refractivity (Wildman–Crippen MR) is 94.3 cm³/mol. The van der Waals surface area contributed by atoms with E-state index in [0.717, 1.165) is 8.70 Å². The van der Waals surface area contributed by atoms with Gasteiger partial charge in [0.25, 0.3) is 0 Å². The molecule has 0 aliphatic heterocycles. The van der Waals surface area contributed by atoms with Crippen LogP contribution in [0.5, 0.6) is 11.5 Å². The van der Waals surface area contributed by atoms with E-state index in [-0.39, 0.29) is 11.5 Å². The Morgan fingerprint density at radius 1 is 0.760 bits per heavy atom. The van der Waals surface area contributed by atoms with E-state index < -0.39 is 14.7 Å². The molecule has 0 aliphatic carbocycles. The first-order valence-electron chi connectivity index (χ1n) is 7.36. The number of ether oxygens (including phenoxy) is 2. The van der Waals surface area contributed by atoms with Crippen molar-refractivity contribution in [3.05, 3.63) is 72.9 Å². The summed E-state index contributed by atoms with van der Waals surface area (Å²) in [5, 5.41) is 17.9. The maximum atomic E-state index is 9.04. The Labute approximate surface area is 150 Å². The van der Waals surface area contributed by atoms with E-state index in [4.69, 9.17) is 20.0 Å². The van der Waals surface area contributed by atoms with Crippen molar-refractivity contribution >= 4 is 27.8 Å². The molecule has 0 atom stereocenters. The van der Waals surface area contributed by atoms with E-state index in [1.165, 1.54) is 6.07 Å². The van der Waals surface area contributed by atoms with Crippen LogP contribution in [0.25, 0.3) is 0 Å². The molecule has 2 aromatic carbocycles. The Balaban J connectivity index is 2.23. The zero-order valence-corrected chi connectivity index (χ0v) is 14.9. The summed E-state index contributed by atoms with van der Waals surface area (Å²) in [7, 11) is 0. The van der Waals surface area contributed by atoms with Crippen LogP contribution in [0, 0.1) is 23.0 Å². The van der Waals surface area contributed by atoms with Gasteiger partial charge in [0.1, 0.15) is 0 Å². The molecule has 120 valence electrons. The molecule has 0 aliphatic rings. The summed E-state index contributed by atoms with van der Waals surface area (Å²) in [4.78, 5) is 4.49. The third-order valence-corrected chi connectivity index (χ3v) is 8.37. The number of rotatable bonds is 5. The first-order valence-corrected chi connectivity index (χ1v) is 10.2. The molecule has 25 heavy (non-hydrogen) atoms. The van der Waals surface area contributed by atoms with E-state index in [0.29, 0.717) is 4.48 Å². The Bertz CT molecular complexity index is 895. The van der Waals surface area contributed by atoms with Gasteiger partial charge in [0, 0.05) is 0 Å². The summed E-state index contributed by atoms with van der Waals surface area (Å²) in [5.41, 5.74) is 0.